The molecule has 0 spiro atoms. The molecule has 0 bridgehead atoms. The summed E-state index contributed by atoms with van der Waals surface area (Å²) in [5, 5.41) is 3.95. The fourth-order valence-electron chi connectivity index (χ4n) is 2.38. The highest BCUT2D eigenvalue weighted by Crippen LogP contribution is 2.30. The Kier molecular flexibility index (Phi) is 5.03. The van der Waals surface area contributed by atoms with Crippen molar-refractivity contribution in [2.45, 2.75) is 31.8 Å². The molecule has 0 aliphatic rings. The van der Waals surface area contributed by atoms with Crippen molar-refractivity contribution in [2.24, 2.45) is 0 Å². The molecule has 0 aromatic carbocycles. The molecule has 0 aliphatic heterocycles. The van der Waals surface area contributed by atoms with Crippen LogP contribution in [-0.4, -0.2) is 12.7 Å². The van der Waals surface area contributed by atoms with Crippen LogP contribution in [0.15, 0.2) is 46.0 Å². The lowest BCUT2D eigenvalue weighted by Gasteiger charge is -2.21. The number of rotatable bonds is 6. The van der Waals surface area contributed by atoms with E-state index in [9.17, 15) is 8.42 Å². The lowest BCUT2D eigenvalue weighted by molar-refractivity contribution is 0.407. The topological polar surface area (TPSA) is 37.4 Å². The SMILES string of the molecule is Cc1cc(S(=O)(=O)N(Cc2cccs2)Cc2cccs2)c(C)s1. The van der Waals surface area contributed by atoms with E-state index in [1.54, 1.807) is 33.0 Å². The van der Waals surface area contributed by atoms with E-state index in [-0.39, 0.29) is 0 Å². The molecular formula is C16H17NO2S4. The van der Waals surface area contributed by atoms with Gasteiger partial charge in [0.1, 0.15) is 0 Å². The number of hydrogen-bond acceptors (Lipinski definition) is 5. The summed E-state index contributed by atoms with van der Waals surface area (Å²) in [6.07, 6.45) is 0. The van der Waals surface area contributed by atoms with Crippen LogP contribution in [0, 0.1) is 13.8 Å². The second-order valence-corrected chi connectivity index (χ2v) is 10.6. The Balaban J connectivity index is 1.97. The van der Waals surface area contributed by atoms with Crippen molar-refractivity contribution in [2.75, 3.05) is 0 Å². The van der Waals surface area contributed by atoms with Crippen molar-refractivity contribution in [3.63, 3.8) is 0 Å². The second kappa shape index (κ2) is 6.86. The summed E-state index contributed by atoms with van der Waals surface area (Å²) in [6.45, 7) is 4.64. The van der Waals surface area contributed by atoms with Gasteiger partial charge in [0.2, 0.25) is 10.0 Å². The lowest BCUT2D eigenvalue weighted by Crippen LogP contribution is -2.29. The molecular weight excluding hydrogens is 366 g/mol. The minimum atomic E-state index is -3.51. The quantitative estimate of drug-likeness (QED) is 0.608. The maximum absolute atomic E-state index is 13.2. The molecule has 0 radical (unpaired) electrons. The van der Waals surface area contributed by atoms with E-state index in [0.717, 1.165) is 19.5 Å². The first-order valence-corrected chi connectivity index (χ1v) is 11.1. The summed E-state index contributed by atoms with van der Waals surface area (Å²) >= 11 is 4.70. The molecule has 3 rings (SSSR count). The fraction of sp³-hybridized carbons (Fsp3) is 0.250. The first-order chi connectivity index (χ1) is 11.0. The van der Waals surface area contributed by atoms with Crippen LogP contribution in [0.5, 0.6) is 0 Å². The van der Waals surface area contributed by atoms with E-state index in [4.69, 9.17) is 0 Å². The van der Waals surface area contributed by atoms with E-state index in [1.807, 2.05) is 48.9 Å². The summed E-state index contributed by atoms with van der Waals surface area (Å²) in [6, 6.07) is 9.65. The van der Waals surface area contributed by atoms with Gasteiger partial charge in [-0.1, -0.05) is 12.1 Å². The maximum Gasteiger partial charge on any atom is 0.244 e. The van der Waals surface area contributed by atoms with Crippen molar-refractivity contribution in [3.8, 4) is 0 Å². The number of aryl methyl sites for hydroxylation is 2. The molecule has 0 amide bonds. The Labute approximate surface area is 148 Å². The fourth-order valence-corrected chi connectivity index (χ4v) is 6.90. The highest BCUT2D eigenvalue weighted by atomic mass is 32.2. The molecule has 0 saturated heterocycles. The smallest absolute Gasteiger partial charge is 0.207 e. The van der Waals surface area contributed by atoms with Crippen LogP contribution in [0.4, 0.5) is 0 Å². The van der Waals surface area contributed by atoms with Gasteiger partial charge in [-0.05, 0) is 42.8 Å². The van der Waals surface area contributed by atoms with E-state index < -0.39 is 10.0 Å². The zero-order chi connectivity index (χ0) is 16.4. The molecule has 3 aromatic heterocycles. The third kappa shape index (κ3) is 3.75. The summed E-state index contributed by atoms with van der Waals surface area (Å²) in [5.74, 6) is 0. The van der Waals surface area contributed by atoms with Crippen LogP contribution < -0.4 is 0 Å². The highest BCUT2D eigenvalue weighted by Gasteiger charge is 2.28. The molecule has 3 nitrogen and oxygen atoms in total. The summed E-state index contributed by atoms with van der Waals surface area (Å²) in [4.78, 5) is 4.41. The third-order valence-corrected chi connectivity index (χ3v) is 8.17. The Hall–Kier alpha value is -0.990. The Morgan fingerprint density at radius 1 is 1.00 bits per heavy atom. The van der Waals surface area contributed by atoms with Gasteiger partial charge in [-0.15, -0.1) is 34.0 Å². The molecule has 122 valence electrons. The Bertz CT molecular complexity index is 825. The molecule has 0 fully saturated rings. The van der Waals surface area contributed by atoms with Gasteiger partial charge < -0.3 is 0 Å². The van der Waals surface area contributed by atoms with Gasteiger partial charge in [0, 0.05) is 32.6 Å². The van der Waals surface area contributed by atoms with Gasteiger partial charge in [-0.25, -0.2) is 8.42 Å². The number of nitrogens with zero attached hydrogens (tertiary/aromatic N) is 1. The van der Waals surface area contributed by atoms with Crippen molar-refractivity contribution in [1.29, 1.82) is 0 Å². The molecule has 3 heterocycles. The number of hydrogen-bond donors (Lipinski definition) is 0. The second-order valence-electron chi connectivity index (χ2n) is 5.21. The largest absolute Gasteiger partial charge is 0.244 e. The minimum Gasteiger partial charge on any atom is -0.207 e. The van der Waals surface area contributed by atoms with Crippen LogP contribution in [0.3, 0.4) is 0 Å². The highest BCUT2D eigenvalue weighted by molar-refractivity contribution is 7.89. The zero-order valence-electron chi connectivity index (χ0n) is 12.9. The van der Waals surface area contributed by atoms with Gasteiger partial charge >= 0.3 is 0 Å². The first kappa shape index (κ1) is 16.9. The van der Waals surface area contributed by atoms with Gasteiger partial charge in [-0.3, -0.25) is 0 Å². The molecule has 0 N–H and O–H groups in total. The van der Waals surface area contributed by atoms with E-state index >= 15 is 0 Å². The Morgan fingerprint density at radius 2 is 1.57 bits per heavy atom. The number of thiophene rings is 3. The lowest BCUT2D eigenvalue weighted by atomic mass is 10.4. The standard InChI is InChI=1S/C16H17NO2S4/c1-12-9-16(13(2)22-12)23(18,19)17(10-14-5-3-7-20-14)11-15-6-4-8-21-15/h3-9H,10-11H2,1-2H3. The average Bonchev–Trinajstić information content (AvgIpc) is 3.21. The van der Waals surface area contributed by atoms with Crippen LogP contribution in [0.25, 0.3) is 0 Å². The maximum atomic E-state index is 13.2. The molecule has 0 aliphatic carbocycles. The summed E-state index contributed by atoms with van der Waals surface area (Å²) < 4.78 is 27.9. The van der Waals surface area contributed by atoms with E-state index in [1.165, 1.54) is 11.3 Å². The third-order valence-electron chi connectivity index (χ3n) is 3.44. The van der Waals surface area contributed by atoms with Crippen molar-refractivity contribution >= 4 is 44.0 Å². The van der Waals surface area contributed by atoms with E-state index in [2.05, 4.69) is 0 Å². The predicted molar refractivity (Wildman–Crippen MR) is 98.9 cm³/mol. The molecule has 3 aromatic rings. The van der Waals surface area contributed by atoms with Crippen molar-refractivity contribution in [1.82, 2.24) is 4.31 Å². The van der Waals surface area contributed by atoms with Crippen LogP contribution in [0.1, 0.15) is 19.5 Å². The van der Waals surface area contributed by atoms with Gasteiger partial charge in [-0.2, -0.15) is 4.31 Å². The average molecular weight is 384 g/mol. The van der Waals surface area contributed by atoms with Crippen LogP contribution in [0.2, 0.25) is 0 Å². The normalized spacial score (nSPS) is 12.1. The molecule has 0 saturated carbocycles. The zero-order valence-corrected chi connectivity index (χ0v) is 16.1. The molecule has 7 heteroatoms. The monoisotopic (exact) mass is 383 g/mol. The van der Waals surface area contributed by atoms with Crippen LogP contribution >= 0.6 is 34.0 Å². The van der Waals surface area contributed by atoms with Crippen molar-refractivity contribution in [3.05, 3.63) is 60.6 Å². The van der Waals surface area contributed by atoms with Gasteiger partial charge in [0.05, 0.1) is 4.90 Å². The first-order valence-electron chi connectivity index (χ1n) is 7.09. The summed E-state index contributed by atoms with van der Waals surface area (Å²) in [5.41, 5.74) is 0. The van der Waals surface area contributed by atoms with Gasteiger partial charge in [0.15, 0.2) is 0 Å². The van der Waals surface area contributed by atoms with E-state index in [0.29, 0.717) is 18.0 Å². The molecule has 23 heavy (non-hydrogen) atoms. The molecule has 0 unspecified atom stereocenters. The summed E-state index contributed by atoms with van der Waals surface area (Å²) in [7, 11) is -3.51. The van der Waals surface area contributed by atoms with Gasteiger partial charge in [0.25, 0.3) is 0 Å². The minimum absolute atomic E-state index is 0.409. The molecule has 0 atom stereocenters. The number of sulfonamides is 1. The Morgan fingerprint density at radius 3 is 1.96 bits per heavy atom. The van der Waals surface area contributed by atoms with Crippen LogP contribution in [-0.2, 0) is 23.1 Å². The predicted octanol–water partition coefficient (Wildman–Crippen LogP) is 4.88. The van der Waals surface area contributed by atoms with Crippen molar-refractivity contribution < 1.29 is 8.42 Å².